The summed E-state index contributed by atoms with van der Waals surface area (Å²) in [5, 5.41) is 4.56. The smallest absolute Gasteiger partial charge is 0.226 e. The number of rotatable bonds is 4. The Morgan fingerprint density at radius 3 is 2.96 bits per heavy atom. The highest BCUT2D eigenvalue weighted by Crippen LogP contribution is 2.48. The molecule has 0 radical (unpaired) electrons. The summed E-state index contributed by atoms with van der Waals surface area (Å²) < 4.78 is 2.05. The Labute approximate surface area is 142 Å². The van der Waals surface area contributed by atoms with Crippen molar-refractivity contribution >= 4 is 5.91 Å². The molecule has 1 amide bonds. The van der Waals surface area contributed by atoms with E-state index in [0.717, 1.165) is 38.0 Å². The van der Waals surface area contributed by atoms with Gasteiger partial charge in [-0.25, -0.2) is 0 Å². The molecule has 5 heteroatoms. The molecule has 0 aromatic carbocycles. The molecule has 126 valence electrons. The Kier molecular flexibility index (Phi) is 3.87. The minimum Gasteiger partial charge on any atom is -0.338 e. The number of likely N-dealkylation sites (tertiary alicyclic amines) is 1. The number of amides is 1. The Morgan fingerprint density at radius 2 is 2.25 bits per heavy atom. The predicted molar refractivity (Wildman–Crippen MR) is 91.5 cm³/mol. The van der Waals surface area contributed by atoms with Gasteiger partial charge >= 0.3 is 0 Å². The number of carbonyl (C=O) groups excluding carboxylic acids is 1. The van der Waals surface area contributed by atoms with Gasteiger partial charge in [-0.1, -0.05) is 6.07 Å². The molecule has 2 fully saturated rings. The third-order valence-corrected chi connectivity index (χ3v) is 5.37. The largest absolute Gasteiger partial charge is 0.338 e. The lowest BCUT2D eigenvalue weighted by molar-refractivity contribution is -0.133. The molecule has 0 N–H and O–H groups in total. The summed E-state index contributed by atoms with van der Waals surface area (Å²) in [6.45, 7) is 5.80. The van der Waals surface area contributed by atoms with E-state index >= 15 is 0 Å². The highest BCUT2D eigenvalue weighted by atomic mass is 16.2. The van der Waals surface area contributed by atoms with Gasteiger partial charge < -0.3 is 4.90 Å². The van der Waals surface area contributed by atoms with Gasteiger partial charge in [0.25, 0.3) is 0 Å². The summed E-state index contributed by atoms with van der Waals surface area (Å²) in [5.41, 5.74) is 3.42. The first-order chi connectivity index (χ1) is 11.6. The van der Waals surface area contributed by atoms with Crippen LogP contribution in [-0.2, 0) is 11.3 Å². The van der Waals surface area contributed by atoms with Crippen LogP contribution in [0.1, 0.15) is 42.1 Å². The summed E-state index contributed by atoms with van der Waals surface area (Å²) in [4.78, 5) is 19.3. The van der Waals surface area contributed by atoms with Gasteiger partial charge in [0, 0.05) is 30.6 Å². The van der Waals surface area contributed by atoms with Crippen LogP contribution in [0.2, 0.25) is 0 Å². The number of hydrogen-bond donors (Lipinski definition) is 0. The first-order valence-corrected chi connectivity index (χ1v) is 8.85. The van der Waals surface area contributed by atoms with E-state index in [1.54, 1.807) is 6.20 Å². The fraction of sp³-hybridized carbons (Fsp3) is 0.526. The lowest BCUT2D eigenvalue weighted by Gasteiger charge is -2.25. The SMILES string of the molecule is Cc1cc(C)n(C[C@@H]2CCCN2C(=O)[C@@H]2C[C@H]2c2cccnc2)n1. The number of pyridine rings is 1. The first-order valence-electron chi connectivity index (χ1n) is 8.85. The Balaban J connectivity index is 1.44. The highest BCUT2D eigenvalue weighted by molar-refractivity contribution is 5.83. The van der Waals surface area contributed by atoms with Crippen molar-refractivity contribution < 1.29 is 4.79 Å². The van der Waals surface area contributed by atoms with Gasteiger partial charge in [-0.05, 0) is 56.7 Å². The molecule has 4 rings (SSSR count). The molecule has 24 heavy (non-hydrogen) atoms. The average Bonchev–Trinajstić information content (AvgIpc) is 3.15. The van der Waals surface area contributed by atoms with Gasteiger partial charge in [0.15, 0.2) is 0 Å². The minimum absolute atomic E-state index is 0.148. The van der Waals surface area contributed by atoms with E-state index in [-0.39, 0.29) is 12.0 Å². The Morgan fingerprint density at radius 1 is 1.38 bits per heavy atom. The van der Waals surface area contributed by atoms with Crippen LogP contribution in [0, 0.1) is 19.8 Å². The second kappa shape index (κ2) is 6.04. The van der Waals surface area contributed by atoms with E-state index in [1.165, 1.54) is 11.3 Å². The topological polar surface area (TPSA) is 51.0 Å². The zero-order valence-corrected chi connectivity index (χ0v) is 14.4. The van der Waals surface area contributed by atoms with E-state index in [2.05, 4.69) is 38.7 Å². The number of aryl methyl sites for hydroxylation is 2. The molecular weight excluding hydrogens is 300 g/mol. The first kappa shape index (κ1) is 15.4. The van der Waals surface area contributed by atoms with Gasteiger partial charge in [-0.15, -0.1) is 0 Å². The van der Waals surface area contributed by atoms with Gasteiger partial charge in [0.1, 0.15) is 0 Å². The predicted octanol–water partition coefficient (Wildman–Crippen LogP) is 2.69. The zero-order chi connectivity index (χ0) is 16.7. The molecule has 0 spiro atoms. The normalized spacial score (nSPS) is 25.9. The van der Waals surface area contributed by atoms with Crippen molar-refractivity contribution in [3.05, 3.63) is 47.5 Å². The van der Waals surface area contributed by atoms with Crippen molar-refractivity contribution in [3.63, 3.8) is 0 Å². The number of nitrogens with zero attached hydrogens (tertiary/aromatic N) is 4. The highest BCUT2D eigenvalue weighted by Gasteiger charge is 2.47. The summed E-state index contributed by atoms with van der Waals surface area (Å²) in [6, 6.07) is 6.42. The molecule has 2 aromatic rings. The number of hydrogen-bond acceptors (Lipinski definition) is 3. The minimum atomic E-state index is 0.148. The van der Waals surface area contributed by atoms with E-state index in [0.29, 0.717) is 11.8 Å². The molecule has 1 saturated carbocycles. The van der Waals surface area contributed by atoms with Crippen LogP contribution >= 0.6 is 0 Å². The van der Waals surface area contributed by atoms with Gasteiger partial charge in [-0.2, -0.15) is 5.10 Å². The Hall–Kier alpha value is -2.17. The molecule has 1 saturated heterocycles. The maximum Gasteiger partial charge on any atom is 0.226 e. The second-order valence-corrected chi connectivity index (χ2v) is 7.17. The van der Waals surface area contributed by atoms with Crippen LogP contribution in [0.25, 0.3) is 0 Å². The van der Waals surface area contributed by atoms with Gasteiger partial charge in [-0.3, -0.25) is 14.5 Å². The second-order valence-electron chi connectivity index (χ2n) is 7.17. The van der Waals surface area contributed by atoms with Crippen molar-refractivity contribution in [2.45, 2.75) is 51.6 Å². The van der Waals surface area contributed by atoms with Crippen molar-refractivity contribution in [1.82, 2.24) is 19.7 Å². The lowest BCUT2D eigenvalue weighted by Crippen LogP contribution is -2.39. The molecule has 3 heterocycles. The summed E-state index contributed by atoms with van der Waals surface area (Å²) >= 11 is 0. The van der Waals surface area contributed by atoms with E-state index < -0.39 is 0 Å². The molecule has 5 nitrogen and oxygen atoms in total. The third-order valence-electron chi connectivity index (χ3n) is 5.37. The number of carbonyl (C=O) groups is 1. The van der Waals surface area contributed by atoms with Crippen LogP contribution < -0.4 is 0 Å². The molecular formula is C19H24N4O. The summed E-state index contributed by atoms with van der Waals surface area (Å²) in [7, 11) is 0. The van der Waals surface area contributed by atoms with Crippen LogP contribution in [0.15, 0.2) is 30.6 Å². The standard InChI is InChI=1S/C19H24N4O/c1-13-9-14(2)23(21-13)12-16-6-4-8-22(16)19(24)18-10-17(18)15-5-3-7-20-11-15/h3,5,7,9,11,16-18H,4,6,8,10,12H2,1-2H3/t16-,17-,18+/m0/s1. The van der Waals surface area contributed by atoms with Crippen molar-refractivity contribution in [2.75, 3.05) is 6.54 Å². The van der Waals surface area contributed by atoms with E-state index in [9.17, 15) is 4.79 Å². The molecule has 2 aromatic heterocycles. The van der Waals surface area contributed by atoms with Crippen LogP contribution in [-0.4, -0.2) is 38.2 Å². The van der Waals surface area contributed by atoms with Crippen molar-refractivity contribution in [2.24, 2.45) is 5.92 Å². The monoisotopic (exact) mass is 324 g/mol. The van der Waals surface area contributed by atoms with E-state index in [1.807, 2.05) is 19.2 Å². The summed E-state index contributed by atoms with van der Waals surface area (Å²) in [5.74, 6) is 0.837. The molecule has 2 aliphatic rings. The van der Waals surface area contributed by atoms with Crippen LogP contribution in [0.5, 0.6) is 0 Å². The maximum absolute atomic E-state index is 13.0. The molecule has 1 aliphatic heterocycles. The van der Waals surface area contributed by atoms with Crippen molar-refractivity contribution in [1.29, 1.82) is 0 Å². The molecule has 1 aliphatic carbocycles. The zero-order valence-electron chi connectivity index (χ0n) is 14.4. The average molecular weight is 324 g/mol. The molecule has 3 atom stereocenters. The quantitative estimate of drug-likeness (QED) is 0.869. The lowest BCUT2D eigenvalue weighted by atomic mass is 10.1. The molecule has 0 bridgehead atoms. The number of aromatic nitrogens is 3. The fourth-order valence-corrected chi connectivity index (χ4v) is 4.02. The maximum atomic E-state index is 13.0. The van der Waals surface area contributed by atoms with Crippen LogP contribution in [0.3, 0.4) is 0 Å². The molecule has 0 unspecified atom stereocenters. The summed E-state index contributed by atoms with van der Waals surface area (Å²) in [6.07, 6.45) is 6.82. The fourth-order valence-electron chi connectivity index (χ4n) is 4.02. The van der Waals surface area contributed by atoms with E-state index in [4.69, 9.17) is 0 Å². The van der Waals surface area contributed by atoms with Gasteiger partial charge in [0.05, 0.1) is 18.3 Å². The Bertz CT molecular complexity index is 739. The van der Waals surface area contributed by atoms with Gasteiger partial charge in [0.2, 0.25) is 5.91 Å². The van der Waals surface area contributed by atoms with Crippen molar-refractivity contribution in [3.8, 4) is 0 Å². The van der Waals surface area contributed by atoms with Crippen LogP contribution in [0.4, 0.5) is 0 Å². The third kappa shape index (κ3) is 2.83.